The highest BCUT2D eigenvalue weighted by Gasteiger charge is 1.92. The van der Waals surface area contributed by atoms with Gasteiger partial charge in [-0.2, -0.15) is 0 Å². The largest absolute Gasteiger partial charge is 0.384 e. The van der Waals surface area contributed by atoms with Crippen molar-refractivity contribution in [3.05, 3.63) is 12.2 Å². The summed E-state index contributed by atoms with van der Waals surface area (Å²) in [5.41, 5.74) is 0. The van der Waals surface area contributed by atoms with Gasteiger partial charge in [-0.3, -0.25) is 0 Å². The lowest BCUT2D eigenvalue weighted by Gasteiger charge is -2.03. The number of hydrogen-bond donors (Lipinski definition) is 1. The van der Waals surface area contributed by atoms with Gasteiger partial charge in [0, 0.05) is 13.7 Å². The fourth-order valence-corrected chi connectivity index (χ4v) is 0.981. The van der Waals surface area contributed by atoms with E-state index in [4.69, 9.17) is 4.74 Å². The van der Waals surface area contributed by atoms with Gasteiger partial charge in [0.2, 0.25) is 0 Å². The third-order valence-corrected chi connectivity index (χ3v) is 1.58. The monoisotopic (exact) mass is 171 g/mol. The maximum absolute atomic E-state index is 5.01. The molecule has 0 amide bonds. The van der Waals surface area contributed by atoms with Gasteiger partial charge >= 0.3 is 0 Å². The predicted octanol–water partition coefficient (Wildman–Crippen LogP) is 1.82. The second kappa shape index (κ2) is 8.75. The molecule has 2 heteroatoms. The molecule has 0 fully saturated rings. The molecule has 2 nitrogen and oxygen atoms in total. The summed E-state index contributed by atoms with van der Waals surface area (Å²) in [4.78, 5) is 0. The Labute approximate surface area is 76.0 Å². The van der Waals surface area contributed by atoms with E-state index in [1.807, 2.05) is 0 Å². The van der Waals surface area contributed by atoms with E-state index in [0.717, 1.165) is 19.7 Å². The lowest BCUT2D eigenvalue weighted by Crippen LogP contribution is -2.14. The van der Waals surface area contributed by atoms with Crippen LogP contribution in [-0.4, -0.2) is 26.8 Å². The average molecular weight is 171 g/mol. The summed E-state index contributed by atoms with van der Waals surface area (Å²) in [6.07, 6.45) is 5.55. The zero-order valence-corrected chi connectivity index (χ0v) is 8.47. The van der Waals surface area contributed by atoms with Crippen LogP contribution in [0.15, 0.2) is 12.2 Å². The van der Waals surface area contributed by atoms with Crippen LogP contribution in [0.3, 0.4) is 0 Å². The Morgan fingerprint density at radius 2 is 2.25 bits per heavy atom. The summed E-state index contributed by atoms with van der Waals surface area (Å²) < 4.78 is 5.01. The molecular formula is C10H21NO. The maximum Gasteiger partial charge on any atom is 0.0522 e. The van der Waals surface area contributed by atoms with Crippen LogP contribution < -0.4 is 5.32 Å². The number of nitrogens with one attached hydrogen (secondary N) is 1. The molecule has 0 saturated heterocycles. The van der Waals surface area contributed by atoms with Gasteiger partial charge in [0.15, 0.2) is 0 Å². The maximum atomic E-state index is 5.01. The molecule has 0 aromatic rings. The second-order valence-electron chi connectivity index (χ2n) is 3.06. The molecule has 0 spiro atoms. The summed E-state index contributed by atoms with van der Waals surface area (Å²) in [6, 6.07) is 0. The normalized spacial score (nSPS) is 13.9. The van der Waals surface area contributed by atoms with Gasteiger partial charge in [-0.1, -0.05) is 26.0 Å². The summed E-state index contributed by atoms with van der Waals surface area (Å²) in [5, 5.41) is 3.30. The van der Waals surface area contributed by atoms with Gasteiger partial charge < -0.3 is 10.1 Å². The Morgan fingerprint density at radius 3 is 2.83 bits per heavy atom. The first-order valence-corrected chi connectivity index (χ1v) is 4.67. The van der Waals surface area contributed by atoms with E-state index in [2.05, 4.69) is 31.3 Å². The molecule has 0 aliphatic carbocycles. The SMILES string of the molecule is CCCNC/C=C/C(C)COC. The molecule has 0 aliphatic heterocycles. The molecule has 0 saturated carbocycles. The van der Waals surface area contributed by atoms with Gasteiger partial charge in [0.1, 0.15) is 0 Å². The van der Waals surface area contributed by atoms with Crippen molar-refractivity contribution in [3.63, 3.8) is 0 Å². The van der Waals surface area contributed by atoms with Crippen molar-refractivity contribution in [2.45, 2.75) is 20.3 Å². The van der Waals surface area contributed by atoms with E-state index in [1.54, 1.807) is 7.11 Å². The fraction of sp³-hybridized carbons (Fsp3) is 0.800. The highest BCUT2D eigenvalue weighted by atomic mass is 16.5. The molecule has 0 rings (SSSR count). The molecule has 0 bridgehead atoms. The summed E-state index contributed by atoms with van der Waals surface area (Å²) in [7, 11) is 1.74. The van der Waals surface area contributed by atoms with Crippen molar-refractivity contribution in [1.82, 2.24) is 5.32 Å². The lowest BCUT2D eigenvalue weighted by atomic mass is 10.2. The van der Waals surface area contributed by atoms with E-state index >= 15 is 0 Å². The summed E-state index contributed by atoms with van der Waals surface area (Å²) in [5.74, 6) is 0.526. The standard InChI is InChI=1S/C10H21NO/c1-4-7-11-8-5-6-10(2)9-12-3/h5-6,10-11H,4,7-9H2,1-3H3/b6-5+. The molecule has 1 N–H and O–H groups in total. The molecule has 0 heterocycles. The van der Waals surface area contributed by atoms with Crippen LogP contribution in [0, 0.1) is 5.92 Å². The van der Waals surface area contributed by atoms with Crippen molar-refractivity contribution < 1.29 is 4.74 Å². The Kier molecular flexibility index (Phi) is 8.51. The van der Waals surface area contributed by atoms with Crippen molar-refractivity contribution in [3.8, 4) is 0 Å². The highest BCUT2D eigenvalue weighted by molar-refractivity contribution is 4.87. The third kappa shape index (κ3) is 7.76. The Bertz CT molecular complexity index is 112. The third-order valence-electron chi connectivity index (χ3n) is 1.58. The zero-order chi connectivity index (χ0) is 9.23. The molecule has 1 atom stereocenters. The van der Waals surface area contributed by atoms with Crippen LogP contribution in [-0.2, 0) is 4.74 Å². The minimum Gasteiger partial charge on any atom is -0.384 e. The average Bonchev–Trinajstić information content (AvgIpc) is 2.05. The van der Waals surface area contributed by atoms with Gasteiger partial charge in [-0.25, -0.2) is 0 Å². The number of rotatable bonds is 7. The Hall–Kier alpha value is -0.340. The molecule has 0 aromatic heterocycles. The highest BCUT2D eigenvalue weighted by Crippen LogP contribution is 1.95. The van der Waals surface area contributed by atoms with Crippen LogP contribution in [0.5, 0.6) is 0 Å². The molecule has 0 aromatic carbocycles. The Morgan fingerprint density at radius 1 is 1.50 bits per heavy atom. The Balaban J connectivity index is 3.22. The van der Waals surface area contributed by atoms with Gasteiger partial charge in [0.05, 0.1) is 6.61 Å². The molecule has 72 valence electrons. The van der Waals surface area contributed by atoms with E-state index in [1.165, 1.54) is 6.42 Å². The second-order valence-corrected chi connectivity index (χ2v) is 3.06. The van der Waals surface area contributed by atoms with Gasteiger partial charge in [-0.15, -0.1) is 0 Å². The topological polar surface area (TPSA) is 21.3 Å². The van der Waals surface area contributed by atoms with E-state index in [-0.39, 0.29) is 0 Å². The number of methoxy groups -OCH3 is 1. The molecule has 0 aliphatic rings. The minimum absolute atomic E-state index is 0.526. The summed E-state index contributed by atoms with van der Waals surface area (Å²) >= 11 is 0. The van der Waals surface area contributed by atoms with Crippen molar-refractivity contribution in [2.24, 2.45) is 5.92 Å². The summed E-state index contributed by atoms with van der Waals surface area (Å²) in [6.45, 7) is 7.21. The minimum atomic E-state index is 0.526. The first-order chi connectivity index (χ1) is 5.81. The van der Waals surface area contributed by atoms with Gasteiger partial charge in [-0.05, 0) is 18.9 Å². The number of hydrogen-bond acceptors (Lipinski definition) is 2. The predicted molar refractivity (Wildman–Crippen MR) is 53.3 cm³/mol. The fourth-order valence-electron chi connectivity index (χ4n) is 0.981. The van der Waals surface area contributed by atoms with Crippen molar-refractivity contribution in [1.29, 1.82) is 0 Å². The van der Waals surface area contributed by atoms with E-state index < -0.39 is 0 Å². The zero-order valence-electron chi connectivity index (χ0n) is 8.47. The number of ether oxygens (including phenoxy) is 1. The quantitative estimate of drug-likeness (QED) is 0.466. The molecular weight excluding hydrogens is 150 g/mol. The van der Waals surface area contributed by atoms with Crippen LogP contribution in [0.1, 0.15) is 20.3 Å². The smallest absolute Gasteiger partial charge is 0.0522 e. The van der Waals surface area contributed by atoms with E-state index in [9.17, 15) is 0 Å². The van der Waals surface area contributed by atoms with Gasteiger partial charge in [0.25, 0.3) is 0 Å². The van der Waals surface area contributed by atoms with Crippen molar-refractivity contribution in [2.75, 3.05) is 26.8 Å². The lowest BCUT2D eigenvalue weighted by molar-refractivity contribution is 0.176. The van der Waals surface area contributed by atoms with Crippen molar-refractivity contribution >= 4 is 0 Å². The molecule has 1 unspecified atom stereocenters. The van der Waals surface area contributed by atoms with Crippen LogP contribution in [0.2, 0.25) is 0 Å². The first kappa shape index (κ1) is 11.7. The van der Waals surface area contributed by atoms with Crippen LogP contribution in [0.4, 0.5) is 0 Å². The van der Waals surface area contributed by atoms with E-state index in [0.29, 0.717) is 5.92 Å². The van der Waals surface area contributed by atoms with Crippen LogP contribution in [0.25, 0.3) is 0 Å². The van der Waals surface area contributed by atoms with Crippen LogP contribution >= 0.6 is 0 Å². The first-order valence-electron chi connectivity index (χ1n) is 4.67. The molecule has 12 heavy (non-hydrogen) atoms. The molecule has 0 radical (unpaired) electrons.